The number of likely N-dealkylation sites (N-methyl/N-ethyl adjacent to an activating group) is 1. The fourth-order valence-electron chi connectivity index (χ4n) is 5.66. The smallest absolute Gasteiger partial charge is 0.158 e. The van der Waals surface area contributed by atoms with E-state index >= 15 is 4.39 Å². The third-order valence-corrected chi connectivity index (χ3v) is 7.79. The third kappa shape index (κ3) is 3.31. The highest BCUT2D eigenvalue weighted by Gasteiger charge is 2.38. The van der Waals surface area contributed by atoms with Crippen LogP contribution in [0.4, 0.5) is 10.2 Å². The van der Waals surface area contributed by atoms with Gasteiger partial charge < -0.3 is 10.0 Å². The van der Waals surface area contributed by atoms with Gasteiger partial charge in [-0.3, -0.25) is 4.90 Å². The van der Waals surface area contributed by atoms with Crippen molar-refractivity contribution in [2.75, 3.05) is 25.0 Å². The SMILES string of the molecule is CCc1nc(N2CC3CC[C@H](C2)N3C)c2cc(Cl)c(-c3cc(O)cc4ccccc34)c(F)c2n1. The van der Waals surface area contributed by atoms with Crippen LogP contribution < -0.4 is 4.90 Å². The molecule has 0 amide bonds. The number of piperazine rings is 1. The van der Waals surface area contributed by atoms with E-state index in [0.717, 1.165) is 29.7 Å². The molecule has 1 aromatic heterocycles. The van der Waals surface area contributed by atoms with Crippen LogP contribution in [0, 0.1) is 5.82 Å². The largest absolute Gasteiger partial charge is 0.508 e. The second-order valence-corrected chi connectivity index (χ2v) is 9.84. The highest BCUT2D eigenvalue weighted by Crippen LogP contribution is 2.42. The van der Waals surface area contributed by atoms with Crippen LogP contribution in [0.25, 0.3) is 32.8 Å². The Morgan fingerprint density at radius 2 is 1.79 bits per heavy atom. The van der Waals surface area contributed by atoms with E-state index in [1.807, 2.05) is 31.2 Å². The van der Waals surface area contributed by atoms with Crippen molar-refractivity contribution in [2.24, 2.45) is 0 Å². The number of aryl methyl sites for hydroxylation is 1. The molecule has 4 aromatic rings. The Morgan fingerprint density at radius 1 is 1.06 bits per heavy atom. The van der Waals surface area contributed by atoms with Crippen LogP contribution in [0.1, 0.15) is 25.6 Å². The lowest BCUT2D eigenvalue weighted by Gasteiger charge is -2.40. The Bertz CT molecular complexity index is 1430. The van der Waals surface area contributed by atoms with E-state index in [1.54, 1.807) is 18.2 Å². The fraction of sp³-hybridized carbons (Fsp3) is 0.333. The Hall–Kier alpha value is -2.96. The van der Waals surface area contributed by atoms with Gasteiger partial charge in [0.05, 0.1) is 5.02 Å². The molecule has 0 aliphatic carbocycles. The van der Waals surface area contributed by atoms with E-state index in [-0.39, 0.29) is 21.9 Å². The minimum atomic E-state index is -0.478. The van der Waals surface area contributed by atoms with Crippen LogP contribution in [0.3, 0.4) is 0 Å². The highest BCUT2D eigenvalue weighted by atomic mass is 35.5. The number of rotatable bonds is 3. The molecule has 0 spiro atoms. The molecule has 3 heterocycles. The molecule has 2 atom stereocenters. The average Bonchev–Trinajstić information content (AvgIpc) is 3.03. The topological polar surface area (TPSA) is 52.5 Å². The Labute approximate surface area is 202 Å². The summed E-state index contributed by atoms with van der Waals surface area (Å²) in [6, 6.07) is 13.6. The number of aromatic hydroxyl groups is 1. The van der Waals surface area contributed by atoms with Gasteiger partial charge >= 0.3 is 0 Å². The van der Waals surface area contributed by atoms with Crippen molar-refractivity contribution in [3.05, 3.63) is 59.1 Å². The quantitative estimate of drug-likeness (QED) is 0.405. The second kappa shape index (κ2) is 8.07. The van der Waals surface area contributed by atoms with Crippen LogP contribution in [-0.2, 0) is 6.42 Å². The van der Waals surface area contributed by atoms with E-state index < -0.39 is 5.82 Å². The number of phenols is 1. The lowest BCUT2D eigenvalue weighted by Crippen LogP contribution is -2.52. The normalized spacial score (nSPS) is 20.5. The Kier molecular flexibility index (Phi) is 5.12. The van der Waals surface area contributed by atoms with Crippen LogP contribution in [0.2, 0.25) is 5.02 Å². The molecule has 1 N–H and O–H groups in total. The summed E-state index contributed by atoms with van der Waals surface area (Å²) < 4.78 is 16.3. The van der Waals surface area contributed by atoms with Crippen molar-refractivity contribution < 1.29 is 9.50 Å². The first kappa shape index (κ1) is 21.6. The Morgan fingerprint density at radius 3 is 2.53 bits per heavy atom. The van der Waals surface area contributed by atoms with E-state index in [1.165, 1.54) is 12.8 Å². The summed E-state index contributed by atoms with van der Waals surface area (Å²) >= 11 is 6.77. The van der Waals surface area contributed by atoms with Gasteiger partial charge in [-0.15, -0.1) is 0 Å². The maximum atomic E-state index is 16.3. The average molecular weight is 477 g/mol. The first-order valence-electron chi connectivity index (χ1n) is 11.8. The van der Waals surface area contributed by atoms with Crippen molar-refractivity contribution in [3.63, 3.8) is 0 Å². The monoisotopic (exact) mass is 476 g/mol. The minimum Gasteiger partial charge on any atom is -0.508 e. The van der Waals surface area contributed by atoms with Gasteiger partial charge in [0, 0.05) is 42.5 Å². The molecule has 5 nitrogen and oxygen atoms in total. The molecule has 2 aliphatic heterocycles. The maximum absolute atomic E-state index is 16.3. The van der Waals surface area contributed by atoms with Crippen LogP contribution in [0.5, 0.6) is 5.75 Å². The van der Waals surface area contributed by atoms with Gasteiger partial charge in [0.2, 0.25) is 0 Å². The Balaban J connectivity index is 1.58. The van der Waals surface area contributed by atoms with Crippen molar-refractivity contribution in [1.29, 1.82) is 0 Å². The predicted molar refractivity (Wildman–Crippen MR) is 135 cm³/mol. The summed E-state index contributed by atoms with van der Waals surface area (Å²) in [7, 11) is 2.19. The van der Waals surface area contributed by atoms with E-state index in [2.05, 4.69) is 21.8 Å². The molecule has 2 saturated heterocycles. The van der Waals surface area contributed by atoms with Crippen LogP contribution >= 0.6 is 11.6 Å². The molecule has 3 aromatic carbocycles. The molecule has 1 unspecified atom stereocenters. The molecule has 34 heavy (non-hydrogen) atoms. The molecule has 2 fully saturated rings. The van der Waals surface area contributed by atoms with Crippen LogP contribution in [-0.4, -0.2) is 52.2 Å². The van der Waals surface area contributed by atoms with Gasteiger partial charge in [0.1, 0.15) is 22.9 Å². The van der Waals surface area contributed by atoms with Crippen molar-refractivity contribution in [3.8, 4) is 16.9 Å². The van der Waals surface area contributed by atoms with Crippen molar-refractivity contribution in [1.82, 2.24) is 14.9 Å². The molecular formula is C27H26ClFN4O. The second-order valence-electron chi connectivity index (χ2n) is 9.43. The van der Waals surface area contributed by atoms with Crippen LogP contribution in [0.15, 0.2) is 42.5 Å². The third-order valence-electron chi connectivity index (χ3n) is 7.49. The summed E-state index contributed by atoms with van der Waals surface area (Å²) in [5, 5.41) is 12.9. The van der Waals surface area contributed by atoms with E-state index in [4.69, 9.17) is 16.6 Å². The molecule has 6 rings (SSSR count). The standard InChI is InChI=1S/C27H26ClFN4O/c1-3-23-30-26-21(27(31-23)33-13-16-8-9-17(14-33)32(16)2)12-22(28)24(25(26)29)20-11-18(34)10-15-6-4-5-7-19(15)20/h4-7,10-12,16-17,34H,3,8-9,13-14H2,1-2H3/t16-,17?/m1/s1. The van der Waals surface area contributed by atoms with Gasteiger partial charge in [0.25, 0.3) is 0 Å². The zero-order valence-electron chi connectivity index (χ0n) is 19.2. The van der Waals surface area contributed by atoms with Gasteiger partial charge in [-0.1, -0.05) is 42.8 Å². The molecule has 2 bridgehead atoms. The molecule has 7 heteroatoms. The number of hydrogen-bond donors (Lipinski definition) is 1. The molecule has 0 saturated carbocycles. The molecule has 0 radical (unpaired) electrons. The molecular weight excluding hydrogens is 451 g/mol. The predicted octanol–water partition coefficient (Wildman–Crippen LogP) is 5.79. The first-order valence-corrected chi connectivity index (χ1v) is 12.2. The zero-order chi connectivity index (χ0) is 23.6. The highest BCUT2D eigenvalue weighted by molar-refractivity contribution is 6.35. The molecule has 174 valence electrons. The number of anilines is 1. The number of phenolic OH excluding ortho intramolecular Hbond substituents is 1. The summed E-state index contributed by atoms with van der Waals surface area (Å²) in [5.74, 6) is 0.963. The van der Waals surface area contributed by atoms with Crippen molar-refractivity contribution in [2.45, 2.75) is 38.3 Å². The zero-order valence-corrected chi connectivity index (χ0v) is 20.0. The number of aromatic nitrogens is 2. The number of nitrogens with zero attached hydrogens (tertiary/aromatic N) is 4. The van der Waals surface area contributed by atoms with E-state index in [0.29, 0.717) is 35.3 Å². The lowest BCUT2D eigenvalue weighted by atomic mass is 9.96. The van der Waals surface area contributed by atoms with Gasteiger partial charge in [-0.2, -0.15) is 0 Å². The van der Waals surface area contributed by atoms with Crippen molar-refractivity contribution >= 4 is 39.1 Å². The molecule has 2 aliphatic rings. The summed E-state index contributed by atoms with van der Waals surface area (Å²) in [6.07, 6.45) is 2.95. The minimum absolute atomic E-state index is 0.0646. The van der Waals surface area contributed by atoms with Gasteiger partial charge in [-0.05, 0) is 54.4 Å². The van der Waals surface area contributed by atoms with Gasteiger partial charge in [0.15, 0.2) is 5.82 Å². The summed E-state index contributed by atoms with van der Waals surface area (Å²) in [4.78, 5) is 14.2. The number of fused-ring (bicyclic) bond motifs is 4. The first-order chi connectivity index (χ1) is 16.4. The lowest BCUT2D eigenvalue weighted by molar-refractivity contribution is 0.212. The summed E-state index contributed by atoms with van der Waals surface area (Å²) in [5.41, 5.74) is 1.09. The fourth-order valence-corrected chi connectivity index (χ4v) is 5.95. The van der Waals surface area contributed by atoms with E-state index in [9.17, 15) is 5.11 Å². The summed E-state index contributed by atoms with van der Waals surface area (Å²) in [6.45, 7) is 3.71. The maximum Gasteiger partial charge on any atom is 0.158 e. The number of hydrogen-bond acceptors (Lipinski definition) is 5. The van der Waals surface area contributed by atoms with Gasteiger partial charge in [-0.25, -0.2) is 14.4 Å². The number of benzene rings is 3. The number of halogens is 2.